The molecule has 1 aromatic rings. The molecule has 0 fully saturated rings. The molecule has 0 aliphatic rings. The van der Waals surface area contributed by atoms with Gasteiger partial charge in [-0.3, -0.25) is 10.1 Å². The van der Waals surface area contributed by atoms with Crippen LogP contribution in [0.15, 0.2) is 22.7 Å². The van der Waals surface area contributed by atoms with E-state index in [0.717, 1.165) is 22.9 Å². The minimum absolute atomic E-state index is 0.0793. The summed E-state index contributed by atoms with van der Waals surface area (Å²) in [7, 11) is 0. The van der Waals surface area contributed by atoms with Gasteiger partial charge in [0.15, 0.2) is 0 Å². The predicted octanol–water partition coefficient (Wildman–Crippen LogP) is 4.03. The first kappa shape index (κ1) is 15.1. The molecule has 0 spiro atoms. The van der Waals surface area contributed by atoms with E-state index in [2.05, 4.69) is 42.0 Å². The second-order valence-corrected chi connectivity index (χ2v) is 5.87. The van der Waals surface area contributed by atoms with Crippen molar-refractivity contribution in [1.29, 1.82) is 0 Å². The molecule has 5 heteroatoms. The first-order valence-corrected chi connectivity index (χ1v) is 6.83. The Morgan fingerprint density at radius 3 is 2.61 bits per heavy atom. The highest BCUT2D eigenvalue weighted by Gasteiger charge is 2.16. The van der Waals surface area contributed by atoms with Crippen molar-refractivity contribution in [3.8, 4) is 0 Å². The van der Waals surface area contributed by atoms with E-state index in [9.17, 15) is 10.1 Å². The number of benzene rings is 1. The van der Waals surface area contributed by atoms with Gasteiger partial charge in [0.1, 0.15) is 0 Å². The summed E-state index contributed by atoms with van der Waals surface area (Å²) in [6.45, 7) is 7.18. The zero-order valence-electron chi connectivity index (χ0n) is 11.0. The predicted molar refractivity (Wildman–Crippen MR) is 76.6 cm³/mol. The summed E-state index contributed by atoms with van der Waals surface area (Å²) in [5.41, 5.74) is 1.22. The third kappa shape index (κ3) is 4.38. The number of nitro groups is 1. The van der Waals surface area contributed by atoms with E-state index >= 15 is 0 Å². The van der Waals surface area contributed by atoms with Crippen molar-refractivity contribution in [1.82, 2.24) is 5.32 Å². The molecule has 0 bridgehead atoms. The van der Waals surface area contributed by atoms with E-state index in [0.29, 0.717) is 6.54 Å². The molecular formula is C13H19BrN2O2. The van der Waals surface area contributed by atoms with Crippen molar-refractivity contribution in [2.75, 3.05) is 0 Å². The average Bonchev–Trinajstić information content (AvgIpc) is 2.27. The Bertz CT molecular complexity index is 433. The average molecular weight is 315 g/mol. The summed E-state index contributed by atoms with van der Waals surface area (Å²) in [6.07, 6.45) is 2.22. The lowest BCUT2D eigenvalue weighted by molar-refractivity contribution is -0.384. The van der Waals surface area contributed by atoms with Crippen LogP contribution < -0.4 is 5.32 Å². The molecule has 0 saturated carbocycles. The fraction of sp³-hybridized carbons (Fsp3) is 0.538. The molecule has 0 radical (unpaired) electrons. The van der Waals surface area contributed by atoms with Gasteiger partial charge in [0.05, 0.1) is 4.92 Å². The summed E-state index contributed by atoms with van der Waals surface area (Å²) >= 11 is 3.38. The molecule has 0 saturated heterocycles. The van der Waals surface area contributed by atoms with Gasteiger partial charge in [0, 0.05) is 28.7 Å². The summed E-state index contributed by atoms with van der Waals surface area (Å²) < 4.78 is 0.775. The van der Waals surface area contributed by atoms with E-state index in [1.54, 1.807) is 12.1 Å². The Morgan fingerprint density at radius 1 is 1.44 bits per heavy atom. The fourth-order valence-corrected chi connectivity index (χ4v) is 2.35. The van der Waals surface area contributed by atoms with Gasteiger partial charge in [-0.25, -0.2) is 0 Å². The van der Waals surface area contributed by atoms with Crippen molar-refractivity contribution in [3.63, 3.8) is 0 Å². The van der Waals surface area contributed by atoms with Crippen LogP contribution in [0.3, 0.4) is 0 Å². The normalized spacial score (nSPS) is 11.6. The van der Waals surface area contributed by atoms with Crippen LogP contribution in [0.5, 0.6) is 0 Å². The summed E-state index contributed by atoms with van der Waals surface area (Å²) in [6, 6.07) is 4.87. The van der Waals surface area contributed by atoms with Gasteiger partial charge in [-0.05, 0) is 31.9 Å². The van der Waals surface area contributed by atoms with Gasteiger partial charge < -0.3 is 5.32 Å². The quantitative estimate of drug-likeness (QED) is 0.637. The molecule has 4 nitrogen and oxygen atoms in total. The Labute approximate surface area is 116 Å². The minimum Gasteiger partial charge on any atom is -0.308 e. The van der Waals surface area contributed by atoms with E-state index in [4.69, 9.17) is 0 Å². The molecule has 0 unspecified atom stereocenters. The van der Waals surface area contributed by atoms with E-state index in [-0.39, 0.29) is 16.1 Å². The molecule has 0 aromatic heterocycles. The van der Waals surface area contributed by atoms with Crippen LogP contribution in [0.25, 0.3) is 0 Å². The molecular weight excluding hydrogens is 296 g/mol. The van der Waals surface area contributed by atoms with Gasteiger partial charge in [0.25, 0.3) is 5.69 Å². The van der Waals surface area contributed by atoms with Crippen LogP contribution in [-0.2, 0) is 6.54 Å². The van der Waals surface area contributed by atoms with Gasteiger partial charge in [-0.1, -0.05) is 29.3 Å². The monoisotopic (exact) mass is 314 g/mol. The van der Waals surface area contributed by atoms with Crippen LogP contribution in [0.2, 0.25) is 0 Å². The number of non-ortho nitro benzene ring substituents is 1. The lowest BCUT2D eigenvalue weighted by Crippen LogP contribution is -2.38. The molecule has 0 amide bonds. The molecule has 0 atom stereocenters. The zero-order chi connectivity index (χ0) is 13.8. The molecule has 1 aromatic carbocycles. The highest BCUT2D eigenvalue weighted by Crippen LogP contribution is 2.23. The fourth-order valence-electron chi connectivity index (χ4n) is 1.84. The summed E-state index contributed by atoms with van der Waals surface area (Å²) in [5, 5.41) is 14.1. The maximum Gasteiger partial charge on any atom is 0.270 e. The summed E-state index contributed by atoms with van der Waals surface area (Å²) in [4.78, 5) is 10.2. The summed E-state index contributed by atoms with van der Waals surface area (Å²) in [5.74, 6) is 0. The van der Waals surface area contributed by atoms with Crippen molar-refractivity contribution in [3.05, 3.63) is 38.3 Å². The molecule has 0 aliphatic heterocycles. The largest absolute Gasteiger partial charge is 0.308 e. The minimum atomic E-state index is -0.386. The Kier molecular flexibility index (Phi) is 5.28. The first-order chi connectivity index (χ1) is 8.35. The molecule has 0 heterocycles. The van der Waals surface area contributed by atoms with Crippen molar-refractivity contribution in [2.45, 2.75) is 45.7 Å². The Morgan fingerprint density at radius 2 is 2.11 bits per heavy atom. The first-order valence-electron chi connectivity index (χ1n) is 6.03. The van der Waals surface area contributed by atoms with Gasteiger partial charge >= 0.3 is 0 Å². The topological polar surface area (TPSA) is 55.2 Å². The molecule has 100 valence electrons. The number of hydrogen-bond acceptors (Lipinski definition) is 3. The Balaban J connectivity index is 2.71. The van der Waals surface area contributed by atoms with Crippen molar-refractivity contribution < 1.29 is 4.92 Å². The van der Waals surface area contributed by atoms with E-state index in [1.807, 2.05) is 0 Å². The molecule has 0 aliphatic carbocycles. The van der Waals surface area contributed by atoms with Crippen molar-refractivity contribution >= 4 is 21.6 Å². The second-order valence-electron chi connectivity index (χ2n) is 5.02. The van der Waals surface area contributed by atoms with Gasteiger partial charge in [0.2, 0.25) is 0 Å². The lowest BCUT2D eigenvalue weighted by atomic mass is 9.98. The highest BCUT2D eigenvalue weighted by atomic mass is 79.9. The lowest BCUT2D eigenvalue weighted by Gasteiger charge is -2.26. The van der Waals surface area contributed by atoms with Crippen LogP contribution in [0.4, 0.5) is 5.69 Å². The smallest absolute Gasteiger partial charge is 0.270 e. The standard InChI is InChI=1S/C13H19BrN2O2/c1-4-7-13(2,3)15-9-10-5-6-11(16(17)18)8-12(10)14/h5-6,8,15H,4,7,9H2,1-3H3. The maximum atomic E-state index is 10.6. The number of nitrogens with zero attached hydrogens (tertiary/aromatic N) is 1. The number of nitrogens with one attached hydrogen (secondary N) is 1. The number of hydrogen-bond donors (Lipinski definition) is 1. The number of rotatable bonds is 6. The van der Waals surface area contributed by atoms with Crippen LogP contribution >= 0.6 is 15.9 Å². The molecule has 1 N–H and O–H groups in total. The van der Waals surface area contributed by atoms with Gasteiger partial charge in [-0.2, -0.15) is 0 Å². The third-order valence-electron chi connectivity index (χ3n) is 2.88. The SMILES string of the molecule is CCCC(C)(C)NCc1ccc([N+](=O)[O-])cc1Br. The second kappa shape index (κ2) is 6.29. The maximum absolute atomic E-state index is 10.6. The Hall–Kier alpha value is -0.940. The molecule has 18 heavy (non-hydrogen) atoms. The van der Waals surface area contributed by atoms with Crippen LogP contribution in [0, 0.1) is 10.1 Å². The van der Waals surface area contributed by atoms with Crippen LogP contribution in [-0.4, -0.2) is 10.5 Å². The van der Waals surface area contributed by atoms with Gasteiger partial charge in [-0.15, -0.1) is 0 Å². The van der Waals surface area contributed by atoms with E-state index in [1.165, 1.54) is 6.07 Å². The molecule has 1 rings (SSSR count). The highest BCUT2D eigenvalue weighted by molar-refractivity contribution is 9.10. The third-order valence-corrected chi connectivity index (χ3v) is 3.62. The van der Waals surface area contributed by atoms with Crippen LogP contribution in [0.1, 0.15) is 39.2 Å². The van der Waals surface area contributed by atoms with E-state index < -0.39 is 0 Å². The van der Waals surface area contributed by atoms with Crippen molar-refractivity contribution in [2.24, 2.45) is 0 Å². The zero-order valence-corrected chi connectivity index (χ0v) is 12.6. The number of halogens is 1. The number of nitro benzene ring substituents is 1.